The minimum absolute atomic E-state index is 0.142. The van der Waals surface area contributed by atoms with Crippen molar-refractivity contribution in [2.24, 2.45) is 0 Å². The zero-order chi connectivity index (χ0) is 15.4. The molecule has 0 saturated heterocycles. The van der Waals surface area contributed by atoms with Gasteiger partial charge in [0.25, 0.3) is 5.91 Å². The summed E-state index contributed by atoms with van der Waals surface area (Å²) >= 11 is 3.40. The number of anilines is 1. The third-order valence-electron chi connectivity index (χ3n) is 3.21. The van der Waals surface area contributed by atoms with Crippen molar-refractivity contribution < 1.29 is 9.90 Å². The molecule has 0 saturated carbocycles. The maximum absolute atomic E-state index is 12.1. The molecule has 21 heavy (non-hydrogen) atoms. The molecule has 1 unspecified atom stereocenters. The highest BCUT2D eigenvalue weighted by molar-refractivity contribution is 9.10. The monoisotopic (exact) mass is 348 g/mol. The van der Waals surface area contributed by atoms with E-state index in [2.05, 4.69) is 21.2 Å². The fraction of sp³-hybridized carbons (Fsp3) is 0.188. The van der Waals surface area contributed by atoms with Gasteiger partial charge in [-0.05, 0) is 52.2 Å². The van der Waals surface area contributed by atoms with Crippen LogP contribution in [0.25, 0.3) is 0 Å². The van der Waals surface area contributed by atoms with Crippen LogP contribution in [-0.4, -0.2) is 17.6 Å². The SMILES string of the molecule is Cc1cccc(C(=O)NCC(O)c2ccc(N)cc2)c1Br. The number of rotatable bonds is 4. The van der Waals surface area contributed by atoms with Crippen molar-refractivity contribution in [1.82, 2.24) is 5.32 Å². The van der Waals surface area contributed by atoms with Gasteiger partial charge in [-0.25, -0.2) is 0 Å². The summed E-state index contributed by atoms with van der Waals surface area (Å²) in [5.74, 6) is -0.222. The van der Waals surface area contributed by atoms with Gasteiger partial charge in [0.05, 0.1) is 11.7 Å². The standard InChI is InChI=1S/C16H17BrN2O2/c1-10-3-2-4-13(15(10)17)16(21)19-9-14(20)11-5-7-12(18)8-6-11/h2-8,14,20H,9,18H2,1H3,(H,19,21). The lowest BCUT2D eigenvalue weighted by Gasteiger charge is -2.13. The van der Waals surface area contributed by atoms with E-state index in [4.69, 9.17) is 5.73 Å². The smallest absolute Gasteiger partial charge is 0.252 e. The molecule has 0 aliphatic rings. The first kappa shape index (κ1) is 15.5. The minimum Gasteiger partial charge on any atom is -0.399 e. The average molecular weight is 349 g/mol. The van der Waals surface area contributed by atoms with Crippen LogP contribution in [0.2, 0.25) is 0 Å². The van der Waals surface area contributed by atoms with Crippen molar-refractivity contribution in [3.8, 4) is 0 Å². The van der Waals surface area contributed by atoms with Gasteiger partial charge in [0, 0.05) is 16.7 Å². The molecule has 0 aliphatic heterocycles. The number of aliphatic hydroxyl groups is 1. The fourth-order valence-electron chi connectivity index (χ4n) is 1.94. The Bertz CT molecular complexity index is 641. The maximum atomic E-state index is 12.1. The van der Waals surface area contributed by atoms with Crippen molar-refractivity contribution in [2.75, 3.05) is 12.3 Å². The van der Waals surface area contributed by atoms with E-state index in [9.17, 15) is 9.90 Å². The topological polar surface area (TPSA) is 75.3 Å². The van der Waals surface area contributed by atoms with E-state index in [-0.39, 0.29) is 12.5 Å². The van der Waals surface area contributed by atoms with Crippen LogP contribution >= 0.6 is 15.9 Å². The second-order valence-electron chi connectivity index (χ2n) is 4.83. The van der Waals surface area contributed by atoms with Crippen LogP contribution in [0.1, 0.15) is 27.6 Å². The Morgan fingerprint density at radius 3 is 2.62 bits per heavy atom. The number of aryl methyl sites for hydroxylation is 1. The van der Waals surface area contributed by atoms with E-state index >= 15 is 0 Å². The number of nitrogens with one attached hydrogen (secondary N) is 1. The highest BCUT2D eigenvalue weighted by Gasteiger charge is 2.13. The van der Waals surface area contributed by atoms with Gasteiger partial charge in [-0.3, -0.25) is 4.79 Å². The summed E-state index contributed by atoms with van der Waals surface area (Å²) in [6.45, 7) is 2.06. The molecule has 1 atom stereocenters. The molecule has 0 aromatic heterocycles. The number of nitrogen functional groups attached to an aromatic ring is 1. The number of carbonyl (C=O) groups is 1. The van der Waals surface area contributed by atoms with Crippen LogP contribution < -0.4 is 11.1 Å². The number of nitrogens with two attached hydrogens (primary N) is 1. The lowest BCUT2D eigenvalue weighted by Crippen LogP contribution is -2.28. The summed E-state index contributed by atoms with van der Waals surface area (Å²) < 4.78 is 0.768. The summed E-state index contributed by atoms with van der Waals surface area (Å²) in [6.07, 6.45) is -0.766. The average Bonchev–Trinajstić information content (AvgIpc) is 2.48. The zero-order valence-electron chi connectivity index (χ0n) is 11.6. The molecule has 0 bridgehead atoms. The molecule has 110 valence electrons. The van der Waals surface area contributed by atoms with E-state index < -0.39 is 6.10 Å². The van der Waals surface area contributed by atoms with Crippen LogP contribution in [0.4, 0.5) is 5.69 Å². The number of aliphatic hydroxyl groups excluding tert-OH is 1. The number of benzene rings is 2. The van der Waals surface area contributed by atoms with Crippen LogP contribution in [0.3, 0.4) is 0 Å². The quantitative estimate of drug-likeness (QED) is 0.743. The van der Waals surface area contributed by atoms with Crippen LogP contribution in [0, 0.1) is 6.92 Å². The summed E-state index contributed by atoms with van der Waals surface area (Å²) in [4.78, 5) is 12.1. The van der Waals surface area contributed by atoms with Gasteiger partial charge in [0.1, 0.15) is 0 Å². The summed E-state index contributed by atoms with van der Waals surface area (Å²) in [7, 11) is 0. The predicted octanol–water partition coefficient (Wildman–Crippen LogP) is 2.80. The Labute approximate surface area is 132 Å². The molecule has 5 heteroatoms. The van der Waals surface area contributed by atoms with Gasteiger partial charge in [0.2, 0.25) is 0 Å². The van der Waals surface area contributed by atoms with Gasteiger partial charge >= 0.3 is 0 Å². The van der Waals surface area contributed by atoms with Crippen molar-refractivity contribution in [1.29, 1.82) is 0 Å². The van der Waals surface area contributed by atoms with Gasteiger partial charge < -0.3 is 16.2 Å². The number of halogens is 1. The second-order valence-corrected chi connectivity index (χ2v) is 5.62. The Morgan fingerprint density at radius 1 is 1.29 bits per heavy atom. The lowest BCUT2D eigenvalue weighted by atomic mass is 10.1. The van der Waals surface area contributed by atoms with E-state index in [1.807, 2.05) is 19.1 Å². The van der Waals surface area contributed by atoms with E-state index in [0.29, 0.717) is 16.8 Å². The summed E-state index contributed by atoms with van der Waals surface area (Å²) in [6, 6.07) is 12.4. The first-order valence-electron chi connectivity index (χ1n) is 6.56. The molecule has 4 nitrogen and oxygen atoms in total. The van der Waals surface area contributed by atoms with E-state index in [1.54, 1.807) is 30.3 Å². The van der Waals surface area contributed by atoms with Gasteiger partial charge in [-0.1, -0.05) is 24.3 Å². The molecule has 4 N–H and O–H groups in total. The highest BCUT2D eigenvalue weighted by Crippen LogP contribution is 2.21. The van der Waals surface area contributed by atoms with Crippen LogP contribution in [0.5, 0.6) is 0 Å². The first-order chi connectivity index (χ1) is 9.99. The second kappa shape index (κ2) is 6.74. The Hall–Kier alpha value is -1.85. The number of hydrogen-bond donors (Lipinski definition) is 3. The van der Waals surface area contributed by atoms with Crippen LogP contribution in [-0.2, 0) is 0 Å². The Kier molecular flexibility index (Phi) is 4.98. The fourth-order valence-corrected chi connectivity index (χ4v) is 2.39. The largest absolute Gasteiger partial charge is 0.399 e. The molecule has 2 aromatic rings. The zero-order valence-corrected chi connectivity index (χ0v) is 13.2. The van der Waals surface area contributed by atoms with Crippen molar-refractivity contribution in [2.45, 2.75) is 13.0 Å². The van der Waals surface area contributed by atoms with Crippen molar-refractivity contribution in [3.63, 3.8) is 0 Å². The molecule has 0 radical (unpaired) electrons. The molecule has 0 fully saturated rings. The van der Waals surface area contributed by atoms with Gasteiger partial charge in [0.15, 0.2) is 0 Å². The Morgan fingerprint density at radius 2 is 1.95 bits per heavy atom. The summed E-state index contributed by atoms with van der Waals surface area (Å²) in [5.41, 5.74) is 8.50. The summed E-state index contributed by atoms with van der Waals surface area (Å²) in [5, 5.41) is 12.8. The van der Waals surface area contributed by atoms with Gasteiger partial charge in [-0.15, -0.1) is 0 Å². The van der Waals surface area contributed by atoms with Crippen molar-refractivity contribution >= 4 is 27.5 Å². The Balaban J connectivity index is 2.00. The molecule has 2 rings (SSSR count). The molecular formula is C16H17BrN2O2. The molecule has 0 spiro atoms. The number of amides is 1. The van der Waals surface area contributed by atoms with Gasteiger partial charge in [-0.2, -0.15) is 0 Å². The number of hydrogen-bond acceptors (Lipinski definition) is 3. The number of carbonyl (C=O) groups excluding carboxylic acids is 1. The third-order valence-corrected chi connectivity index (χ3v) is 4.27. The van der Waals surface area contributed by atoms with E-state index in [1.165, 1.54) is 0 Å². The molecule has 1 amide bonds. The predicted molar refractivity (Wildman–Crippen MR) is 87.0 cm³/mol. The highest BCUT2D eigenvalue weighted by atomic mass is 79.9. The minimum atomic E-state index is -0.766. The molecule has 0 aliphatic carbocycles. The third kappa shape index (κ3) is 3.83. The normalized spacial score (nSPS) is 12.0. The van der Waals surface area contributed by atoms with Crippen LogP contribution in [0.15, 0.2) is 46.9 Å². The molecular weight excluding hydrogens is 332 g/mol. The van der Waals surface area contributed by atoms with Crippen molar-refractivity contribution in [3.05, 3.63) is 63.6 Å². The lowest BCUT2D eigenvalue weighted by molar-refractivity contribution is 0.0915. The maximum Gasteiger partial charge on any atom is 0.252 e. The molecule has 0 heterocycles. The van der Waals surface area contributed by atoms with E-state index in [0.717, 1.165) is 10.0 Å². The first-order valence-corrected chi connectivity index (χ1v) is 7.35. The molecule has 2 aromatic carbocycles.